The normalized spacial score (nSPS) is 12.6. The minimum Gasteiger partial charge on any atom is -0.454 e. The van der Waals surface area contributed by atoms with E-state index < -0.39 is 0 Å². The molecular weight excluding hydrogens is 472 g/mol. The Balaban J connectivity index is 1.24. The molecule has 32 heavy (non-hydrogen) atoms. The monoisotopic (exact) mass is 488 g/mol. The first-order valence-corrected chi connectivity index (χ1v) is 12.1. The van der Waals surface area contributed by atoms with Gasteiger partial charge in [0.1, 0.15) is 5.01 Å². The predicted octanol–water partition coefficient (Wildman–Crippen LogP) is 3.40. The molecule has 0 saturated carbocycles. The van der Waals surface area contributed by atoms with Gasteiger partial charge in [0.15, 0.2) is 15.8 Å². The third-order valence-electron chi connectivity index (χ3n) is 4.41. The van der Waals surface area contributed by atoms with Gasteiger partial charge in [-0.15, -0.1) is 10.2 Å². The number of nitrogens with one attached hydrogen (secondary N) is 1. The fourth-order valence-electron chi connectivity index (χ4n) is 2.84. The maximum absolute atomic E-state index is 12.5. The molecule has 1 amide bonds. The Kier molecular flexibility index (Phi) is 5.53. The van der Waals surface area contributed by atoms with E-state index in [0.717, 1.165) is 5.01 Å². The molecule has 1 aliphatic heterocycles. The lowest BCUT2D eigenvalue weighted by molar-refractivity contribution is 0.102. The zero-order valence-corrected chi connectivity index (χ0v) is 19.3. The number of hydrogen-bond donors (Lipinski definition) is 1. The van der Waals surface area contributed by atoms with E-state index >= 15 is 0 Å². The molecule has 0 bridgehead atoms. The van der Waals surface area contributed by atoms with Gasteiger partial charge in [0, 0.05) is 23.3 Å². The summed E-state index contributed by atoms with van der Waals surface area (Å²) in [5.74, 6) is 1.51. The highest BCUT2D eigenvalue weighted by molar-refractivity contribution is 8.00. The van der Waals surface area contributed by atoms with Crippen LogP contribution in [0.5, 0.6) is 11.5 Å². The van der Waals surface area contributed by atoms with Crippen molar-refractivity contribution in [3.05, 3.63) is 50.9 Å². The Bertz CT molecular complexity index is 1380. The van der Waals surface area contributed by atoms with Crippen LogP contribution in [-0.4, -0.2) is 37.5 Å². The van der Waals surface area contributed by atoms with Crippen molar-refractivity contribution in [2.75, 3.05) is 12.1 Å². The first-order valence-electron chi connectivity index (χ1n) is 9.53. The number of rotatable bonds is 6. The summed E-state index contributed by atoms with van der Waals surface area (Å²) < 4.78 is 12.5. The summed E-state index contributed by atoms with van der Waals surface area (Å²) in [7, 11) is 0. The van der Waals surface area contributed by atoms with Gasteiger partial charge in [0.2, 0.25) is 16.9 Å². The molecule has 4 aromatic rings. The van der Waals surface area contributed by atoms with Crippen LogP contribution in [0.3, 0.4) is 0 Å². The van der Waals surface area contributed by atoms with Crippen molar-refractivity contribution in [3.63, 3.8) is 0 Å². The number of carbonyl (C=O) groups is 1. The van der Waals surface area contributed by atoms with Gasteiger partial charge >= 0.3 is 0 Å². The highest BCUT2D eigenvalue weighted by atomic mass is 32.2. The molecule has 10 nitrogen and oxygen atoms in total. The molecule has 0 fully saturated rings. The molecule has 164 valence electrons. The van der Waals surface area contributed by atoms with Crippen molar-refractivity contribution >= 4 is 50.4 Å². The van der Waals surface area contributed by atoms with E-state index in [1.807, 2.05) is 13.8 Å². The number of thioether (sulfide) groups is 1. The summed E-state index contributed by atoms with van der Waals surface area (Å²) in [6, 6.07) is 6.45. The van der Waals surface area contributed by atoms with Crippen LogP contribution in [0, 0.1) is 0 Å². The smallest absolute Gasteiger partial charge is 0.275 e. The standard InChI is InChI=1S/C19H16N6O4S3/c1-9(2)16-24-25-14(26)6-11(20-18(25)31-16)7-30-19-23-22-17(32-19)21-15(27)10-3-4-12-13(5-10)29-8-28-12/h3-6,9H,7-8H2,1-2H3,(H,21,22,27). The van der Waals surface area contributed by atoms with Gasteiger partial charge < -0.3 is 9.47 Å². The summed E-state index contributed by atoms with van der Waals surface area (Å²) in [5, 5.41) is 16.4. The fraction of sp³-hybridized carbons (Fsp3) is 0.263. The number of benzene rings is 1. The Hall–Kier alpha value is -3.03. The van der Waals surface area contributed by atoms with E-state index in [1.165, 1.54) is 45.0 Å². The Morgan fingerprint density at radius 3 is 2.91 bits per heavy atom. The number of nitrogens with zero attached hydrogens (tertiary/aromatic N) is 5. The van der Waals surface area contributed by atoms with E-state index in [0.29, 0.717) is 42.9 Å². The van der Waals surface area contributed by atoms with Gasteiger partial charge in [-0.05, 0) is 18.2 Å². The Labute approximate surface area is 193 Å². The molecule has 3 aromatic heterocycles. The van der Waals surface area contributed by atoms with E-state index in [2.05, 4.69) is 25.6 Å². The minimum absolute atomic E-state index is 0.146. The molecule has 0 unspecified atom stereocenters. The molecule has 0 radical (unpaired) electrons. The SMILES string of the molecule is CC(C)c1nn2c(=O)cc(CSc3nnc(NC(=O)c4ccc5c(c4)OCO5)s3)nc2s1. The van der Waals surface area contributed by atoms with Crippen molar-refractivity contribution in [1.82, 2.24) is 24.8 Å². The van der Waals surface area contributed by atoms with Gasteiger partial charge in [0.05, 0.1) is 5.69 Å². The zero-order chi connectivity index (χ0) is 22.2. The summed E-state index contributed by atoms with van der Waals surface area (Å²) >= 11 is 4.06. The molecule has 0 aliphatic carbocycles. The molecule has 1 aromatic carbocycles. The van der Waals surface area contributed by atoms with Crippen LogP contribution < -0.4 is 20.3 Å². The topological polar surface area (TPSA) is 121 Å². The molecular formula is C19H16N6O4S3. The Morgan fingerprint density at radius 1 is 1.22 bits per heavy atom. The van der Waals surface area contributed by atoms with Crippen LogP contribution in [0.2, 0.25) is 0 Å². The summed E-state index contributed by atoms with van der Waals surface area (Å²) in [6.45, 7) is 4.20. The van der Waals surface area contributed by atoms with Crippen molar-refractivity contribution < 1.29 is 14.3 Å². The zero-order valence-electron chi connectivity index (χ0n) is 16.9. The van der Waals surface area contributed by atoms with E-state index in [-0.39, 0.29) is 24.2 Å². The molecule has 4 heterocycles. The predicted molar refractivity (Wildman–Crippen MR) is 121 cm³/mol. The molecule has 13 heteroatoms. The summed E-state index contributed by atoms with van der Waals surface area (Å²) in [4.78, 5) is 29.9. The number of anilines is 1. The van der Waals surface area contributed by atoms with Crippen molar-refractivity contribution in [2.24, 2.45) is 0 Å². The average molecular weight is 489 g/mol. The molecule has 1 N–H and O–H groups in total. The lowest BCUT2D eigenvalue weighted by atomic mass is 10.2. The van der Waals surface area contributed by atoms with Gasteiger partial charge in [-0.3, -0.25) is 14.9 Å². The molecule has 1 aliphatic rings. The quantitative estimate of drug-likeness (QED) is 0.321. The Morgan fingerprint density at radius 2 is 2.06 bits per heavy atom. The second kappa shape index (κ2) is 8.48. The van der Waals surface area contributed by atoms with Gasteiger partial charge in [0.25, 0.3) is 11.5 Å². The highest BCUT2D eigenvalue weighted by Crippen LogP contribution is 2.33. The lowest BCUT2D eigenvalue weighted by Crippen LogP contribution is -2.15. The second-order valence-electron chi connectivity index (χ2n) is 7.06. The number of ether oxygens (including phenoxy) is 2. The van der Waals surface area contributed by atoms with E-state index in [4.69, 9.17) is 9.47 Å². The maximum atomic E-state index is 12.5. The summed E-state index contributed by atoms with van der Waals surface area (Å²) in [5.41, 5.74) is 0.866. The van der Waals surface area contributed by atoms with Crippen LogP contribution >= 0.6 is 34.4 Å². The van der Waals surface area contributed by atoms with Crippen molar-refractivity contribution in [1.29, 1.82) is 0 Å². The third-order valence-corrected chi connectivity index (χ3v) is 7.63. The van der Waals surface area contributed by atoms with Gasteiger partial charge in [-0.25, -0.2) is 4.98 Å². The minimum atomic E-state index is -0.317. The van der Waals surface area contributed by atoms with Crippen LogP contribution in [0.1, 0.15) is 40.8 Å². The summed E-state index contributed by atoms with van der Waals surface area (Å²) in [6.07, 6.45) is 0. The number of aromatic nitrogens is 5. The van der Waals surface area contributed by atoms with Gasteiger partial charge in [-0.1, -0.05) is 48.3 Å². The number of hydrogen-bond acceptors (Lipinski definition) is 11. The van der Waals surface area contributed by atoms with Crippen LogP contribution in [0.15, 0.2) is 33.4 Å². The number of carbonyl (C=O) groups excluding carboxylic acids is 1. The van der Waals surface area contributed by atoms with Crippen LogP contribution in [0.25, 0.3) is 4.96 Å². The fourth-order valence-corrected chi connectivity index (χ4v) is 5.40. The van der Waals surface area contributed by atoms with Gasteiger partial charge in [-0.2, -0.15) is 9.61 Å². The van der Waals surface area contributed by atoms with Crippen molar-refractivity contribution in [2.45, 2.75) is 29.9 Å². The molecule has 0 spiro atoms. The second-order valence-corrected chi connectivity index (χ2v) is 10.2. The molecule has 0 saturated heterocycles. The highest BCUT2D eigenvalue weighted by Gasteiger charge is 2.18. The third kappa shape index (κ3) is 4.18. The first kappa shape index (κ1) is 20.8. The maximum Gasteiger partial charge on any atom is 0.275 e. The number of fused-ring (bicyclic) bond motifs is 2. The van der Waals surface area contributed by atoms with E-state index in [9.17, 15) is 9.59 Å². The van der Waals surface area contributed by atoms with Crippen molar-refractivity contribution in [3.8, 4) is 11.5 Å². The van der Waals surface area contributed by atoms with Crippen LogP contribution in [-0.2, 0) is 5.75 Å². The molecule has 5 rings (SSSR count). The molecule has 0 atom stereocenters. The van der Waals surface area contributed by atoms with E-state index in [1.54, 1.807) is 18.2 Å². The first-order chi connectivity index (χ1) is 15.5. The number of amides is 1. The average Bonchev–Trinajstić information content (AvgIpc) is 3.51. The lowest BCUT2D eigenvalue weighted by Gasteiger charge is -2.02. The van der Waals surface area contributed by atoms with Crippen LogP contribution in [0.4, 0.5) is 5.13 Å². The largest absolute Gasteiger partial charge is 0.454 e.